The van der Waals surface area contributed by atoms with Crippen molar-refractivity contribution in [1.82, 2.24) is 10.2 Å². The molecule has 3 heterocycles. The smallest absolute Gasteiger partial charge is 0.466 e. The second-order valence-electron chi connectivity index (χ2n) is 10.0. The Bertz CT molecular complexity index is 1640. The molecule has 0 spiro atoms. The van der Waals surface area contributed by atoms with Crippen molar-refractivity contribution in [2.45, 2.75) is 37.2 Å². The number of rotatable bonds is 12. The van der Waals surface area contributed by atoms with Crippen LogP contribution >= 0.6 is 23.2 Å². The molecule has 17 nitrogen and oxygen atoms in total. The van der Waals surface area contributed by atoms with Gasteiger partial charge in [0.15, 0.2) is 6.23 Å². The van der Waals surface area contributed by atoms with Gasteiger partial charge in [-0.3, -0.25) is 19.3 Å². The normalized spacial score (nSPS) is 29.1. The molecule has 0 saturated carbocycles. The molecule has 0 radical (unpaired) electrons. The minimum absolute atomic E-state index is 0.0315. The number of nitrogens with zero attached hydrogens (tertiary/aromatic N) is 1. The standard InChI is InChI=1S/C24H30N3O14P3/c25-8-3-9-42(31,32)40-44(35,36)41-43(33,34)37-13-19-20(28)21(29)23(39-19)27-12-17-11-18(38-22(17)26-24(27)30)16-7-6-14-4-1-2-5-15(14)10-16/h1-2,4-7,10-12,19-23,28-29H,3,8-9,13,25H2,(H,26,30)(H,31,32)(H,33,34)(H,35,36). The first-order chi connectivity index (χ1) is 20.7. The van der Waals surface area contributed by atoms with Crippen molar-refractivity contribution >= 4 is 45.8 Å². The minimum Gasteiger partial charge on any atom is -0.466 e. The Morgan fingerprint density at radius 2 is 1.70 bits per heavy atom. The van der Waals surface area contributed by atoms with Crippen LogP contribution in [0.5, 0.6) is 0 Å². The van der Waals surface area contributed by atoms with E-state index in [1.54, 1.807) is 6.08 Å². The summed E-state index contributed by atoms with van der Waals surface area (Å²) in [4.78, 5) is 43.0. The number of aliphatic hydroxyl groups excluding tert-OH is 2. The van der Waals surface area contributed by atoms with Crippen LogP contribution in [0, 0.1) is 0 Å². The molecule has 8 atom stereocenters. The molecular formula is C24H30N3O14P3. The van der Waals surface area contributed by atoms with Gasteiger partial charge in [0.25, 0.3) is 0 Å². The van der Waals surface area contributed by atoms with E-state index in [1.165, 1.54) is 6.20 Å². The van der Waals surface area contributed by atoms with Crippen molar-refractivity contribution in [2.75, 3.05) is 19.3 Å². The van der Waals surface area contributed by atoms with Gasteiger partial charge in [0.2, 0.25) is 6.23 Å². The summed E-state index contributed by atoms with van der Waals surface area (Å²) < 4.78 is 60.4. The van der Waals surface area contributed by atoms with E-state index in [4.69, 9.17) is 15.2 Å². The molecular weight excluding hydrogens is 647 g/mol. The van der Waals surface area contributed by atoms with E-state index in [9.17, 15) is 43.4 Å². The van der Waals surface area contributed by atoms with Gasteiger partial charge in [0.1, 0.15) is 24.1 Å². The lowest BCUT2D eigenvalue weighted by atomic mass is 10.1. The topological polar surface area (TPSA) is 257 Å². The first kappa shape index (κ1) is 32.9. The maximum Gasteiger partial charge on any atom is 0.488 e. The molecule has 2 aromatic carbocycles. The van der Waals surface area contributed by atoms with E-state index >= 15 is 0 Å². The molecule has 240 valence electrons. The predicted octanol–water partition coefficient (Wildman–Crippen LogP) is 1.68. The first-order valence-corrected chi connectivity index (χ1v) is 17.9. The van der Waals surface area contributed by atoms with Crippen molar-refractivity contribution < 1.29 is 66.0 Å². The zero-order valence-corrected chi connectivity index (χ0v) is 25.4. The number of ether oxygens (including phenoxy) is 2. The fourth-order valence-electron chi connectivity index (χ4n) is 4.69. The lowest BCUT2D eigenvalue weighted by Crippen LogP contribution is -2.54. The molecule has 1 saturated heterocycles. The second kappa shape index (κ2) is 12.7. The number of carbonyl (C=O) groups is 1. The Balaban J connectivity index is 1.23. The Labute approximate surface area is 250 Å². The monoisotopic (exact) mass is 677 g/mol. The van der Waals surface area contributed by atoms with E-state index in [0.29, 0.717) is 11.3 Å². The number of phosphoric acid groups is 2. The Morgan fingerprint density at radius 3 is 2.43 bits per heavy atom. The Morgan fingerprint density at radius 1 is 0.977 bits per heavy atom. The highest BCUT2D eigenvalue weighted by Crippen LogP contribution is 2.67. The Hall–Kier alpha value is -2.46. The number of phosphoric ester groups is 1. The molecule has 20 heteroatoms. The summed E-state index contributed by atoms with van der Waals surface area (Å²) in [5, 5.41) is 25.7. The number of amides is 2. The number of hydrogen-bond acceptors (Lipinski definition) is 12. The van der Waals surface area contributed by atoms with E-state index < -0.39 is 72.8 Å². The molecule has 44 heavy (non-hydrogen) atoms. The number of urea groups is 1. The highest BCUT2D eigenvalue weighted by molar-refractivity contribution is 7.68. The molecule has 3 aliphatic rings. The summed E-state index contributed by atoms with van der Waals surface area (Å²) in [6.07, 6.45) is -4.94. The largest absolute Gasteiger partial charge is 0.488 e. The quantitative estimate of drug-likeness (QED) is 0.158. The predicted molar refractivity (Wildman–Crippen MR) is 152 cm³/mol. The molecule has 2 aromatic rings. The van der Waals surface area contributed by atoms with E-state index in [2.05, 4.69) is 18.5 Å². The molecule has 0 aliphatic carbocycles. The molecule has 0 bridgehead atoms. The van der Waals surface area contributed by atoms with Crippen molar-refractivity contribution in [2.24, 2.45) is 5.73 Å². The van der Waals surface area contributed by atoms with Gasteiger partial charge in [-0.1, -0.05) is 36.4 Å². The molecule has 3 aliphatic heterocycles. The average Bonchev–Trinajstić information content (AvgIpc) is 3.48. The summed E-state index contributed by atoms with van der Waals surface area (Å²) in [6, 6.07) is 12.7. The molecule has 0 aromatic heterocycles. The summed E-state index contributed by atoms with van der Waals surface area (Å²) in [5.41, 5.74) is 6.47. The van der Waals surface area contributed by atoms with Crippen LogP contribution in [0.15, 0.2) is 60.3 Å². The van der Waals surface area contributed by atoms with Crippen LogP contribution in [0.2, 0.25) is 0 Å². The fourth-order valence-corrected chi connectivity index (χ4v) is 8.84. The van der Waals surface area contributed by atoms with Gasteiger partial charge in [-0.15, -0.1) is 0 Å². The van der Waals surface area contributed by atoms with Crippen LogP contribution in [0.3, 0.4) is 0 Å². The number of hydrogen-bond donors (Lipinski definition) is 7. The van der Waals surface area contributed by atoms with Gasteiger partial charge in [-0.25, -0.2) is 18.2 Å². The lowest BCUT2D eigenvalue weighted by Gasteiger charge is -2.33. The average molecular weight is 677 g/mol. The first-order valence-electron chi connectivity index (χ1n) is 13.1. The number of nitrogens with two attached hydrogens (primary N) is 1. The summed E-state index contributed by atoms with van der Waals surface area (Å²) in [6.45, 7) is -1.01. The number of aliphatic hydroxyl groups is 2. The summed E-state index contributed by atoms with van der Waals surface area (Å²) in [5.74, 6) is 0.481. The van der Waals surface area contributed by atoms with E-state index in [1.807, 2.05) is 42.5 Å². The number of fused-ring (bicyclic) bond motifs is 2. The molecule has 2 amide bonds. The third kappa shape index (κ3) is 7.49. The SMILES string of the molecule is NCCCP(=O)(O)OP(=O)(O)OP(=O)(O)OCC1OC(N2C=C3C=C(c4ccc5ccccc5c4)OC3NC2=O)C(O)C1O. The van der Waals surface area contributed by atoms with Gasteiger partial charge in [0.05, 0.1) is 12.8 Å². The van der Waals surface area contributed by atoms with Crippen LogP contribution in [0.1, 0.15) is 12.0 Å². The maximum absolute atomic E-state index is 12.9. The van der Waals surface area contributed by atoms with Crippen LogP contribution in [-0.4, -0.2) is 85.9 Å². The number of benzene rings is 2. The Kier molecular flexibility index (Phi) is 9.53. The van der Waals surface area contributed by atoms with E-state index in [-0.39, 0.29) is 13.0 Å². The third-order valence-electron chi connectivity index (χ3n) is 6.75. The van der Waals surface area contributed by atoms with Crippen molar-refractivity contribution in [1.29, 1.82) is 0 Å². The van der Waals surface area contributed by atoms with Crippen molar-refractivity contribution in [3.63, 3.8) is 0 Å². The van der Waals surface area contributed by atoms with Gasteiger partial charge < -0.3 is 40.1 Å². The van der Waals surface area contributed by atoms with Crippen LogP contribution < -0.4 is 11.1 Å². The fraction of sp³-hybridized carbons (Fsp3) is 0.375. The highest BCUT2D eigenvalue weighted by atomic mass is 31.3. The maximum atomic E-state index is 12.9. The molecule has 8 N–H and O–H groups in total. The summed E-state index contributed by atoms with van der Waals surface area (Å²) in [7, 11) is -15.7. The van der Waals surface area contributed by atoms with Crippen LogP contribution in [-0.2, 0) is 36.3 Å². The van der Waals surface area contributed by atoms with Crippen LogP contribution in [0.25, 0.3) is 16.5 Å². The second-order valence-corrected chi connectivity index (χ2v) is 15.2. The van der Waals surface area contributed by atoms with Crippen molar-refractivity contribution in [3.05, 3.63) is 65.9 Å². The zero-order chi connectivity index (χ0) is 31.9. The van der Waals surface area contributed by atoms with Gasteiger partial charge in [-0.2, -0.15) is 4.31 Å². The van der Waals surface area contributed by atoms with Crippen molar-refractivity contribution in [3.8, 4) is 0 Å². The number of nitrogens with one attached hydrogen (secondary N) is 1. The highest BCUT2D eigenvalue weighted by Gasteiger charge is 2.50. The number of carbonyl (C=O) groups excluding carboxylic acids is 1. The molecule has 1 fully saturated rings. The molecule has 5 rings (SSSR count). The summed E-state index contributed by atoms with van der Waals surface area (Å²) >= 11 is 0. The van der Waals surface area contributed by atoms with Gasteiger partial charge >= 0.3 is 29.3 Å². The van der Waals surface area contributed by atoms with Gasteiger partial charge in [-0.05, 0) is 35.9 Å². The van der Waals surface area contributed by atoms with E-state index in [0.717, 1.165) is 21.2 Å². The lowest BCUT2D eigenvalue weighted by molar-refractivity contribution is -0.0671. The zero-order valence-electron chi connectivity index (χ0n) is 22.7. The minimum atomic E-state index is -5.59. The van der Waals surface area contributed by atoms with Gasteiger partial charge in [0, 0.05) is 17.3 Å². The molecule has 8 unspecified atom stereocenters. The third-order valence-corrected chi connectivity index (χ3v) is 11.6. The van der Waals surface area contributed by atoms with Crippen LogP contribution in [0.4, 0.5) is 4.79 Å².